The lowest BCUT2D eigenvalue weighted by Gasteiger charge is -2.00. The summed E-state index contributed by atoms with van der Waals surface area (Å²) in [5.41, 5.74) is 0.985. The van der Waals surface area contributed by atoms with E-state index in [9.17, 15) is 10.1 Å². The molecule has 1 rings (SSSR count). The first-order chi connectivity index (χ1) is 5.61. The quantitative estimate of drug-likeness (QED) is 0.404. The summed E-state index contributed by atoms with van der Waals surface area (Å²) in [6.45, 7) is 1.82. The monoisotopic (exact) mass is 185 g/mol. The van der Waals surface area contributed by atoms with E-state index in [2.05, 4.69) is 0 Å². The van der Waals surface area contributed by atoms with Gasteiger partial charge in [0, 0.05) is 12.1 Å². The second-order valence-corrected chi connectivity index (χ2v) is 3.12. The van der Waals surface area contributed by atoms with Crippen molar-refractivity contribution in [3.63, 3.8) is 0 Å². The first-order valence-electron chi connectivity index (χ1n) is 3.49. The van der Waals surface area contributed by atoms with Crippen LogP contribution < -0.4 is 0 Å². The molecule has 1 aromatic carbocycles. The predicted molar refractivity (Wildman–Crippen MR) is 47.4 cm³/mol. The van der Waals surface area contributed by atoms with E-state index in [1.807, 2.05) is 6.92 Å². The Hall–Kier alpha value is -1.09. The highest BCUT2D eigenvalue weighted by atomic mass is 35.5. The fourth-order valence-electron chi connectivity index (χ4n) is 0.861. The van der Waals surface area contributed by atoms with Gasteiger partial charge in [0.1, 0.15) is 0 Å². The van der Waals surface area contributed by atoms with Crippen LogP contribution in [0.15, 0.2) is 24.3 Å². The average molecular weight is 186 g/mol. The minimum Gasteiger partial charge on any atom is -0.258 e. The summed E-state index contributed by atoms with van der Waals surface area (Å²) in [5.74, 6) is 0. The second kappa shape index (κ2) is 3.54. The second-order valence-electron chi connectivity index (χ2n) is 2.46. The number of halogens is 1. The van der Waals surface area contributed by atoms with Crippen LogP contribution in [0.5, 0.6) is 0 Å². The molecule has 64 valence electrons. The lowest BCUT2D eigenvalue weighted by molar-refractivity contribution is -0.384. The van der Waals surface area contributed by atoms with Crippen LogP contribution in [0.3, 0.4) is 0 Å². The van der Waals surface area contributed by atoms with Crippen LogP contribution in [0.1, 0.15) is 17.9 Å². The van der Waals surface area contributed by atoms with Gasteiger partial charge in [-0.1, -0.05) is 12.1 Å². The van der Waals surface area contributed by atoms with Crippen molar-refractivity contribution in [2.24, 2.45) is 0 Å². The third kappa shape index (κ3) is 1.95. The maximum atomic E-state index is 10.3. The molecule has 0 aliphatic rings. The third-order valence-electron chi connectivity index (χ3n) is 1.56. The normalized spacial score (nSPS) is 12.5. The molecule has 0 spiro atoms. The van der Waals surface area contributed by atoms with Crippen molar-refractivity contribution in [2.45, 2.75) is 12.3 Å². The highest BCUT2D eigenvalue weighted by Crippen LogP contribution is 2.21. The standard InChI is InChI=1S/C8H8ClNO2/c1-6(9)7-2-4-8(5-3-7)10(11)12/h2-6H,1H3. The van der Waals surface area contributed by atoms with Gasteiger partial charge in [-0.25, -0.2) is 0 Å². The lowest BCUT2D eigenvalue weighted by Crippen LogP contribution is -1.89. The number of benzene rings is 1. The van der Waals surface area contributed by atoms with Crippen molar-refractivity contribution in [1.29, 1.82) is 0 Å². The van der Waals surface area contributed by atoms with E-state index in [0.717, 1.165) is 5.56 Å². The van der Waals surface area contributed by atoms with Gasteiger partial charge in [-0.3, -0.25) is 10.1 Å². The smallest absolute Gasteiger partial charge is 0.258 e. The molecule has 0 saturated carbocycles. The number of alkyl halides is 1. The van der Waals surface area contributed by atoms with Gasteiger partial charge in [-0.15, -0.1) is 11.6 Å². The molecule has 3 nitrogen and oxygen atoms in total. The first kappa shape index (κ1) is 9.00. The minimum atomic E-state index is -0.428. The minimum absolute atomic E-state index is 0.0936. The summed E-state index contributed by atoms with van der Waals surface area (Å²) >= 11 is 5.77. The van der Waals surface area contributed by atoms with Gasteiger partial charge in [0.2, 0.25) is 0 Å². The molecule has 0 radical (unpaired) electrons. The zero-order valence-electron chi connectivity index (χ0n) is 6.53. The highest BCUT2D eigenvalue weighted by molar-refractivity contribution is 6.20. The molecule has 0 amide bonds. The van der Waals surface area contributed by atoms with Crippen molar-refractivity contribution in [1.82, 2.24) is 0 Å². The number of rotatable bonds is 2. The van der Waals surface area contributed by atoms with Gasteiger partial charge >= 0.3 is 0 Å². The summed E-state index contributed by atoms with van der Waals surface area (Å²) in [4.78, 5) is 9.83. The van der Waals surface area contributed by atoms with Gasteiger partial charge in [0.15, 0.2) is 0 Å². The van der Waals surface area contributed by atoms with Crippen LogP contribution >= 0.6 is 11.6 Å². The van der Waals surface area contributed by atoms with E-state index in [4.69, 9.17) is 11.6 Å². The van der Waals surface area contributed by atoms with E-state index >= 15 is 0 Å². The maximum Gasteiger partial charge on any atom is 0.269 e. The molecule has 0 saturated heterocycles. The van der Waals surface area contributed by atoms with E-state index < -0.39 is 4.92 Å². The fraction of sp³-hybridized carbons (Fsp3) is 0.250. The van der Waals surface area contributed by atoms with Gasteiger partial charge in [-0.05, 0) is 12.5 Å². The molecule has 0 fully saturated rings. The van der Waals surface area contributed by atoms with Crippen molar-refractivity contribution in [3.05, 3.63) is 39.9 Å². The summed E-state index contributed by atoms with van der Waals surface area (Å²) in [7, 11) is 0. The van der Waals surface area contributed by atoms with Crippen LogP contribution in [-0.2, 0) is 0 Å². The largest absolute Gasteiger partial charge is 0.269 e. The number of nitro groups is 1. The number of non-ortho nitro benzene ring substituents is 1. The van der Waals surface area contributed by atoms with Crippen molar-refractivity contribution in [2.75, 3.05) is 0 Å². The number of nitro benzene ring substituents is 1. The third-order valence-corrected chi connectivity index (χ3v) is 1.82. The molecule has 12 heavy (non-hydrogen) atoms. The zero-order valence-corrected chi connectivity index (χ0v) is 7.28. The van der Waals surface area contributed by atoms with Gasteiger partial charge < -0.3 is 0 Å². The lowest BCUT2D eigenvalue weighted by atomic mass is 10.1. The molecular formula is C8H8ClNO2. The van der Waals surface area contributed by atoms with Crippen LogP contribution in [0.4, 0.5) is 5.69 Å². The summed E-state index contributed by atoms with van der Waals surface area (Å²) in [6.07, 6.45) is 0. The molecule has 4 heteroatoms. The Morgan fingerprint density at radius 3 is 2.25 bits per heavy atom. The molecular weight excluding hydrogens is 178 g/mol. The van der Waals surface area contributed by atoms with Crippen molar-refractivity contribution < 1.29 is 4.92 Å². The van der Waals surface area contributed by atoms with E-state index in [1.54, 1.807) is 12.1 Å². The van der Waals surface area contributed by atoms with Crippen molar-refractivity contribution in [3.8, 4) is 0 Å². The molecule has 1 atom stereocenters. The maximum absolute atomic E-state index is 10.3. The number of hydrogen-bond donors (Lipinski definition) is 0. The Bertz CT molecular complexity index is 282. The van der Waals surface area contributed by atoms with Gasteiger partial charge in [0.25, 0.3) is 5.69 Å². The summed E-state index contributed by atoms with van der Waals surface area (Å²) in [5, 5.41) is 10.1. The zero-order chi connectivity index (χ0) is 9.14. The molecule has 0 aliphatic carbocycles. The number of hydrogen-bond acceptors (Lipinski definition) is 2. The van der Waals surface area contributed by atoms with Crippen molar-refractivity contribution >= 4 is 17.3 Å². The Kier molecular flexibility index (Phi) is 2.65. The molecule has 0 aromatic heterocycles. The highest BCUT2D eigenvalue weighted by Gasteiger charge is 2.05. The van der Waals surface area contributed by atoms with Crippen LogP contribution in [0, 0.1) is 10.1 Å². The summed E-state index contributed by atoms with van der Waals surface area (Å²) in [6, 6.07) is 6.23. The molecule has 0 heterocycles. The molecule has 0 N–H and O–H groups in total. The van der Waals surface area contributed by atoms with Gasteiger partial charge in [0.05, 0.1) is 10.3 Å². The first-order valence-corrected chi connectivity index (χ1v) is 3.93. The Morgan fingerprint density at radius 2 is 1.92 bits per heavy atom. The topological polar surface area (TPSA) is 43.1 Å². The SMILES string of the molecule is CC(Cl)c1ccc([N+](=O)[O-])cc1. The van der Waals surface area contributed by atoms with Crippen LogP contribution in [0.2, 0.25) is 0 Å². The molecule has 1 unspecified atom stereocenters. The fourth-order valence-corrected chi connectivity index (χ4v) is 1.01. The number of nitrogens with zero attached hydrogens (tertiary/aromatic N) is 1. The molecule has 1 aromatic rings. The molecule has 0 bridgehead atoms. The van der Waals surface area contributed by atoms with Crippen LogP contribution in [0.25, 0.3) is 0 Å². The Balaban J connectivity index is 2.93. The van der Waals surface area contributed by atoms with Gasteiger partial charge in [-0.2, -0.15) is 0 Å². The average Bonchev–Trinajstić information content (AvgIpc) is 2.04. The Morgan fingerprint density at radius 1 is 1.42 bits per heavy atom. The van der Waals surface area contributed by atoms with E-state index in [0.29, 0.717) is 0 Å². The van der Waals surface area contributed by atoms with E-state index in [1.165, 1.54) is 12.1 Å². The molecule has 0 aliphatic heterocycles. The van der Waals surface area contributed by atoms with Crippen LogP contribution in [-0.4, -0.2) is 4.92 Å². The van der Waals surface area contributed by atoms with E-state index in [-0.39, 0.29) is 11.1 Å². The Labute approximate surface area is 75.1 Å². The summed E-state index contributed by atoms with van der Waals surface area (Å²) < 4.78 is 0. The predicted octanol–water partition coefficient (Wildman–Crippen LogP) is 2.89.